The van der Waals surface area contributed by atoms with E-state index in [0.717, 1.165) is 66.7 Å². The highest BCUT2D eigenvalue weighted by atomic mass is 16.5. The van der Waals surface area contributed by atoms with Crippen LogP contribution in [0, 0.1) is 0 Å². The molecule has 4 heteroatoms. The minimum atomic E-state index is 0.757. The third-order valence-electron chi connectivity index (χ3n) is 8.74. The highest BCUT2D eigenvalue weighted by Crippen LogP contribution is 2.46. The Morgan fingerprint density at radius 3 is 2.09 bits per heavy atom. The van der Waals surface area contributed by atoms with Crippen molar-refractivity contribution in [2.24, 2.45) is 0 Å². The molecule has 4 nitrogen and oxygen atoms in total. The van der Waals surface area contributed by atoms with Crippen molar-refractivity contribution in [1.82, 2.24) is 14.5 Å². The van der Waals surface area contributed by atoms with Crippen LogP contribution in [0.25, 0.3) is 71.6 Å². The van der Waals surface area contributed by atoms with Gasteiger partial charge in [-0.1, -0.05) is 97.1 Å². The number of aromatic nitrogens is 3. The average molecular weight is 590 g/mol. The molecule has 46 heavy (non-hydrogen) atoms. The Kier molecular flexibility index (Phi) is 6.10. The molecule has 0 amide bonds. The predicted octanol–water partition coefficient (Wildman–Crippen LogP) is 11.0. The molecule has 7 aromatic carbocycles. The van der Waals surface area contributed by atoms with Crippen molar-refractivity contribution < 1.29 is 4.74 Å². The van der Waals surface area contributed by atoms with Crippen LogP contribution >= 0.6 is 0 Å². The summed E-state index contributed by atoms with van der Waals surface area (Å²) >= 11 is 0. The van der Waals surface area contributed by atoms with Gasteiger partial charge in [0.05, 0.1) is 11.0 Å². The van der Waals surface area contributed by atoms with E-state index in [2.05, 4.69) is 137 Å². The summed E-state index contributed by atoms with van der Waals surface area (Å²) in [5.74, 6) is 2.47. The van der Waals surface area contributed by atoms with Crippen LogP contribution < -0.4 is 4.74 Å². The quantitative estimate of drug-likeness (QED) is 0.188. The van der Waals surface area contributed by atoms with E-state index in [0.29, 0.717) is 0 Å². The zero-order chi connectivity index (χ0) is 30.5. The van der Waals surface area contributed by atoms with Crippen LogP contribution in [0.2, 0.25) is 0 Å². The molecular weight excluding hydrogens is 562 g/mol. The number of hydrogen-bond acceptors (Lipinski definition) is 3. The van der Waals surface area contributed by atoms with Gasteiger partial charge < -0.3 is 4.74 Å². The number of para-hydroxylation sites is 3. The Morgan fingerprint density at radius 1 is 0.522 bits per heavy atom. The van der Waals surface area contributed by atoms with Gasteiger partial charge in [-0.05, 0) is 81.9 Å². The summed E-state index contributed by atoms with van der Waals surface area (Å²) in [5.41, 5.74) is 6.46. The Labute approximate surface area is 265 Å². The maximum Gasteiger partial charge on any atom is 0.145 e. The van der Waals surface area contributed by atoms with E-state index in [1.54, 1.807) is 0 Å². The molecule has 216 valence electrons. The molecule has 0 fully saturated rings. The summed E-state index contributed by atoms with van der Waals surface area (Å²) < 4.78 is 9.01. The van der Waals surface area contributed by atoms with Gasteiger partial charge >= 0.3 is 0 Å². The number of hydrogen-bond donors (Lipinski definition) is 0. The third-order valence-corrected chi connectivity index (χ3v) is 8.74. The highest BCUT2D eigenvalue weighted by molar-refractivity contribution is 6.19. The van der Waals surface area contributed by atoms with E-state index in [4.69, 9.17) is 9.72 Å². The van der Waals surface area contributed by atoms with Crippen LogP contribution in [0.4, 0.5) is 0 Å². The first-order valence-electron chi connectivity index (χ1n) is 15.4. The minimum absolute atomic E-state index is 0.757. The minimum Gasteiger partial charge on any atom is -0.456 e. The molecule has 9 rings (SSSR count). The van der Waals surface area contributed by atoms with Crippen LogP contribution in [0.5, 0.6) is 11.5 Å². The SMILES string of the molecule is c1ccc(-n2c(-c3ccc(Oc4c5ccccc5c(-c5cccc6ccccc56)c5cnccc45)cc3)nc3ccccc32)cc1. The molecule has 0 unspecified atom stereocenters. The summed E-state index contributed by atoms with van der Waals surface area (Å²) in [6, 6.07) is 52.5. The molecule has 0 bridgehead atoms. The summed E-state index contributed by atoms with van der Waals surface area (Å²) in [6.07, 6.45) is 3.80. The number of benzene rings is 7. The molecule has 9 aromatic rings. The van der Waals surface area contributed by atoms with Crippen LogP contribution in [0.3, 0.4) is 0 Å². The summed E-state index contributed by atoms with van der Waals surface area (Å²) in [4.78, 5) is 9.60. The van der Waals surface area contributed by atoms with E-state index in [9.17, 15) is 0 Å². The molecule has 0 saturated carbocycles. The largest absolute Gasteiger partial charge is 0.456 e. The molecular formula is C42H27N3O. The lowest BCUT2D eigenvalue weighted by Gasteiger charge is -2.18. The smallest absolute Gasteiger partial charge is 0.145 e. The molecule has 2 aromatic heterocycles. The zero-order valence-electron chi connectivity index (χ0n) is 24.8. The predicted molar refractivity (Wildman–Crippen MR) is 189 cm³/mol. The second-order valence-electron chi connectivity index (χ2n) is 11.4. The van der Waals surface area contributed by atoms with Crippen molar-refractivity contribution >= 4 is 43.4 Å². The number of pyridine rings is 1. The van der Waals surface area contributed by atoms with Gasteiger partial charge in [0.15, 0.2) is 0 Å². The first kappa shape index (κ1) is 26.2. The van der Waals surface area contributed by atoms with Crippen LogP contribution in [0.1, 0.15) is 0 Å². The molecule has 0 N–H and O–H groups in total. The van der Waals surface area contributed by atoms with Crippen LogP contribution in [-0.4, -0.2) is 14.5 Å². The number of rotatable bonds is 5. The molecule has 0 atom stereocenters. The van der Waals surface area contributed by atoms with Gasteiger partial charge in [0.2, 0.25) is 0 Å². The topological polar surface area (TPSA) is 39.9 Å². The van der Waals surface area contributed by atoms with Gasteiger partial charge in [-0.3, -0.25) is 9.55 Å². The highest BCUT2D eigenvalue weighted by Gasteiger charge is 2.19. The van der Waals surface area contributed by atoms with Crippen molar-refractivity contribution in [1.29, 1.82) is 0 Å². The van der Waals surface area contributed by atoms with Crippen molar-refractivity contribution in [3.05, 3.63) is 164 Å². The number of nitrogens with zero attached hydrogens (tertiary/aromatic N) is 3. The number of ether oxygens (including phenoxy) is 1. The normalized spacial score (nSPS) is 11.5. The van der Waals surface area contributed by atoms with Gasteiger partial charge in [0.1, 0.15) is 17.3 Å². The fraction of sp³-hybridized carbons (Fsp3) is 0. The molecule has 2 heterocycles. The van der Waals surface area contributed by atoms with Gasteiger partial charge in [0, 0.05) is 39.8 Å². The van der Waals surface area contributed by atoms with Crippen molar-refractivity contribution in [2.45, 2.75) is 0 Å². The van der Waals surface area contributed by atoms with E-state index in [1.807, 2.05) is 36.7 Å². The summed E-state index contributed by atoms with van der Waals surface area (Å²) in [5, 5.41) is 6.68. The van der Waals surface area contributed by atoms with E-state index >= 15 is 0 Å². The van der Waals surface area contributed by atoms with Gasteiger partial charge in [-0.15, -0.1) is 0 Å². The van der Waals surface area contributed by atoms with Crippen molar-refractivity contribution in [3.8, 4) is 39.7 Å². The number of fused-ring (bicyclic) bond motifs is 4. The Morgan fingerprint density at radius 2 is 1.22 bits per heavy atom. The van der Waals surface area contributed by atoms with Gasteiger partial charge in [-0.2, -0.15) is 0 Å². The molecule has 0 aliphatic carbocycles. The molecule has 0 saturated heterocycles. The van der Waals surface area contributed by atoms with Crippen molar-refractivity contribution in [2.75, 3.05) is 0 Å². The van der Waals surface area contributed by atoms with E-state index in [1.165, 1.54) is 16.3 Å². The average Bonchev–Trinajstić information content (AvgIpc) is 3.52. The lowest BCUT2D eigenvalue weighted by Crippen LogP contribution is -1.97. The number of imidazole rings is 1. The first-order chi connectivity index (χ1) is 22.8. The Balaban J connectivity index is 1.18. The van der Waals surface area contributed by atoms with Gasteiger partial charge in [-0.25, -0.2) is 4.98 Å². The zero-order valence-corrected chi connectivity index (χ0v) is 24.8. The van der Waals surface area contributed by atoms with Gasteiger partial charge in [0.25, 0.3) is 0 Å². The fourth-order valence-electron chi connectivity index (χ4n) is 6.67. The molecule has 0 aliphatic heterocycles. The second kappa shape index (κ2) is 10.7. The van der Waals surface area contributed by atoms with Crippen molar-refractivity contribution in [3.63, 3.8) is 0 Å². The standard InChI is InChI=1S/C42H27N3O/c1-2-13-30(14-3-1)45-39-20-9-8-19-38(39)44-42(45)29-21-23-31(24-22-29)46-41-35-17-7-6-16-34(35)40(37-27-43-26-25-36(37)41)33-18-10-12-28-11-4-5-15-32(28)33/h1-27H. The lowest BCUT2D eigenvalue weighted by molar-refractivity contribution is 0.494. The molecule has 0 radical (unpaired) electrons. The summed E-state index contributed by atoms with van der Waals surface area (Å²) in [7, 11) is 0. The first-order valence-corrected chi connectivity index (χ1v) is 15.4. The Hall–Kier alpha value is -6.26. The molecule has 0 aliphatic rings. The van der Waals surface area contributed by atoms with Crippen LogP contribution in [-0.2, 0) is 0 Å². The fourth-order valence-corrected chi connectivity index (χ4v) is 6.67. The molecule has 0 spiro atoms. The van der Waals surface area contributed by atoms with E-state index in [-0.39, 0.29) is 0 Å². The third kappa shape index (κ3) is 4.23. The maximum atomic E-state index is 6.79. The monoisotopic (exact) mass is 589 g/mol. The van der Waals surface area contributed by atoms with Crippen LogP contribution in [0.15, 0.2) is 164 Å². The maximum absolute atomic E-state index is 6.79. The summed E-state index contributed by atoms with van der Waals surface area (Å²) in [6.45, 7) is 0. The lowest BCUT2D eigenvalue weighted by atomic mass is 9.89. The second-order valence-corrected chi connectivity index (χ2v) is 11.4. The van der Waals surface area contributed by atoms with E-state index < -0.39 is 0 Å². The Bertz CT molecular complexity index is 2490.